The highest BCUT2D eigenvalue weighted by atomic mass is 16.6. The first-order valence-corrected chi connectivity index (χ1v) is 11.8. The minimum atomic E-state index is -0.890. The highest BCUT2D eigenvalue weighted by Crippen LogP contribution is 2.29. The Hall–Kier alpha value is -2.77. The smallest absolute Gasteiger partial charge is 0.408 e. The number of rotatable bonds is 7. The quantitative estimate of drug-likeness (QED) is 0.570. The number of amides is 3. The predicted molar refractivity (Wildman–Crippen MR) is 127 cm³/mol. The van der Waals surface area contributed by atoms with E-state index in [4.69, 9.17) is 4.74 Å². The van der Waals surface area contributed by atoms with Crippen LogP contribution in [0.5, 0.6) is 5.75 Å². The molecule has 0 saturated heterocycles. The molecule has 184 valence electrons. The minimum Gasteiger partial charge on any atom is -0.508 e. The average molecular weight is 462 g/mol. The van der Waals surface area contributed by atoms with Crippen LogP contribution in [0.3, 0.4) is 0 Å². The van der Waals surface area contributed by atoms with Gasteiger partial charge in [0.05, 0.1) is 0 Å². The van der Waals surface area contributed by atoms with Crippen LogP contribution in [-0.4, -0.2) is 52.1 Å². The summed E-state index contributed by atoms with van der Waals surface area (Å²) in [5.74, 6) is -0.532. The topological polar surface area (TPSA) is 108 Å². The number of phenols is 1. The third kappa shape index (κ3) is 7.94. The fourth-order valence-electron chi connectivity index (χ4n) is 4.10. The summed E-state index contributed by atoms with van der Waals surface area (Å²) in [5, 5.41) is 15.6. The van der Waals surface area contributed by atoms with E-state index in [1.165, 1.54) is 17.4 Å². The van der Waals surface area contributed by atoms with Crippen molar-refractivity contribution in [3.8, 4) is 5.75 Å². The Bertz CT molecular complexity index is 841. The van der Waals surface area contributed by atoms with E-state index in [-0.39, 0.29) is 30.3 Å². The fourth-order valence-corrected chi connectivity index (χ4v) is 4.10. The number of carbonyl (C=O) groups excluding carboxylic acids is 3. The second-order valence-corrected chi connectivity index (χ2v) is 10.0. The molecule has 1 fully saturated rings. The van der Waals surface area contributed by atoms with Crippen molar-refractivity contribution < 1.29 is 24.2 Å². The minimum absolute atomic E-state index is 0.0796. The Morgan fingerprint density at radius 1 is 1.15 bits per heavy atom. The Kier molecular flexibility index (Phi) is 9.14. The number of alkyl carbamates (subject to hydrolysis) is 1. The molecule has 1 aromatic carbocycles. The lowest BCUT2D eigenvalue weighted by Gasteiger charge is -2.36. The van der Waals surface area contributed by atoms with E-state index in [1.807, 2.05) is 13.8 Å². The molecule has 1 aromatic rings. The number of ether oxygens (including phenoxy) is 1. The number of nitrogens with zero attached hydrogens (tertiary/aromatic N) is 1. The van der Waals surface area contributed by atoms with Gasteiger partial charge in [-0.15, -0.1) is 0 Å². The molecule has 0 aromatic heterocycles. The van der Waals surface area contributed by atoms with Crippen LogP contribution in [0.4, 0.5) is 4.79 Å². The SMILES string of the molecule is Cc1cc(C(C(=O)NC2CCCCC2)N(C(=O)CNC(=O)OC(C)(C)C)C(C)C)ccc1O. The zero-order chi connectivity index (χ0) is 24.8. The zero-order valence-electron chi connectivity index (χ0n) is 20.7. The number of benzene rings is 1. The number of carbonyl (C=O) groups is 3. The molecule has 8 nitrogen and oxygen atoms in total. The molecule has 0 radical (unpaired) electrons. The van der Waals surface area contributed by atoms with E-state index in [2.05, 4.69) is 10.6 Å². The predicted octanol–water partition coefficient (Wildman–Crippen LogP) is 3.95. The van der Waals surface area contributed by atoms with Crippen molar-refractivity contribution in [1.82, 2.24) is 15.5 Å². The lowest BCUT2D eigenvalue weighted by atomic mass is 9.94. The first-order chi connectivity index (χ1) is 15.4. The molecule has 1 aliphatic rings. The van der Waals surface area contributed by atoms with Crippen molar-refractivity contribution in [1.29, 1.82) is 0 Å². The summed E-state index contributed by atoms with van der Waals surface area (Å²) in [6.07, 6.45) is 4.45. The van der Waals surface area contributed by atoms with Gasteiger partial charge >= 0.3 is 6.09 Å². The van der Waals surface area contributed by atoms with Crippen LogP contribution in [-0.2, 0) is 14.3 Å². The van der Waals surface area contributed by atoms with Crippen LogP contribution >= 0.6 is 0 Å². The van der Waals surface area contributed by atoms with Gasteiger partial charge < -0.3 is 25.4 Å². The van der Waals surface area contributed by atoms with Gasteiger partial charge in [-0.25, -0.2) is 4.79 Å². The van der Waals surface area contributed by atoms with Crippen molar-refractivity contribution in [3.05, 3.63) is 29.3 Å². The zero-order valence-corrected chi connectivity index (χ0v) is 20.7. The van der Waals surface area contributed by atoms with Gasteiger partial charge in [0.15, 0.2) is 0 Å². The summed E-state index contributed by atoms with van der Waals surface area (Å²) in [7, 11) is 0. The van der Waals surface area contributed by atoms with Gasteiger partial charge in [-0.2, -0.15) is 0 Å². The highest BCUT2D eigenvalue weighted by molar-refractivity contribution is 5.90. The standard InChI is InChI=1S/C25H39N3O5/c1-16(2)28(21(30)15-26-24(32)33-25(4,5)6)22(18-12-13-20(29)17(3)14-18)23(31)27-19-10-8-7-9-11-19/h12-14,16,19,22,29H,7-11,15H2,1-6H3,(H,26,32)(H,27,31). The molecule has 8 heteroatoms. The summed E-state index contributed by atoms with van der Waals surface area (Å²) in [4.78, 5) is 40.3. The van der Waals surface area contributed by atoms with Crippen molar-refractivity contribution in [2.75, 3.05) is 6.54 Å². The Balaban J connectivity index is 2.29. The monoisotopic (exact) mass is 461 g/mol. The third-order valence-electron chi connectivity index (χ3n) is 5.64. The summed E-state index contributed by atoms with van der Waals surface area (Å²) in [5.41, 5.74) is 0.542. The largest absolute Gasteiger partial charge is 0.508 e. The fraction of sp³-hybridized carbons (Fsp3) is 0.640. The molecule has 0 bridgehead atoms. The van der Waals surface area contributed by atoms with E-state index >= 15 is 0 Å². The molecule has 0 aliphatic heterocycles. The first-order valence-electron chi connectivity index (χ1n) is 11.8. The third-order valence-corrected chi connectivity index (χ3v) is 5.64. The van der Waals surface area contributed by atoms with Crippen molar-refractivity contribution in [2.45, 2.75) is 97.4 Å². The summed E-state index contributed by atoms with van der Waals surface area (Å²) in [6.45, 7) is 10.4. The highest BCUT2D eigenvalue weighted by Gasteiger charge is 2.35. The van der Waals surface area contributed by atoms with Gasteiger partial charge in [0.1, 0.15) is 23.9 Å². The van der Waals surface area contributed by atoms with Gasteiger partial charge in [0, 0.05) is 12.1 Å². The molecule has 3 amide bonds. The maximum absolute atomic E-state index is 13.5. The number of aryl methyl sites for hydroxylation is 1. The number of hydrogen-bond donors (Lipinski definition) is 3. The van der Waals surface area contributed by atoms with E-state index in [0.29, 0.717) is 11.1 Å². The van der Waals surface area contributed by atoms with Crippen LogP contribution in [0.1, 0.15) is 83.9 Å². The molecule has 0 heterocycles. The lowest BCUT2D eigenvalue weighted by Crippen LogP contribution is -2.52. The Morgan fingerprint density at radius 2 is 1.79 bits per heavy atom. The van der Waals surface area contributed by atoms with Crippen LogP contribution in [0, 0.1) is 6.92 Å². The molecule has 0 spiro atoms. The van der Waals surface area contributed by atoms with E-state index in [0.717, 1.165) is 25.7 Å². The molecule has 2 rings (SSSR count). The molecule has 1 unspecified atom stereocenters. The summed E-state index contributed by atoms with van der Waals surface area (Å²) in [6, 6.07) is 3.80. The number of aromatic hydroxyl groups is 1. The second-order valence-electron chi connectivity index (χ2n) is 10.0. The molecular formula is C25H39N3O5. The number of phenolic OH excluding ortho intramolecular Hbond substituents is 1. The summed E-state index contributed by atoms with van der Waals surface area (Å²) >= 11 is 0. The molecule has 3 N–H and O–H groups in total. The maximum atomic E-state index is 13.5. The number of hydrogen-bond acceptors (Lipinski definition) is 5. The van der Waals surface area contributed by atoms with Gasteiger partial charge in [-0.3, -0.25) is 9.59 Å². The average Bonchev–Trinajstić information content (AvgIpc) is 2.71. The molecule has 1 atom stereocenters. The van der Waals surface area contributed by atoms with Gasteiger partial charge in [0.2, 0.25) is 11.8 Å². The van der Waals surface area contributed by atoms with Crippen molar-refractivity contribution in [2.24, 2.45) is 0 Å². The Labute approximate surface area is 197 Å². The van der Waals surface area contributed by atoms with Gasteiger partial charge in [-0.05, 0) is 77.6 Å². The lowest BCUT2D eigenvalue weighted by molar-refractivity contribution is -0.142. The van der Waals surface area contributed by atoms with E-state index < -0.39 is 23.6 Å². The van der Waals surface area contributed by atoms with Crippen molar-refractivity contribution in [3.63, 3.8) is 0 Å². The van der Waals surface area contributed by atoms with Crippen LogP contribution < -0.4 is 10.6 Å². The van der Waals surface area contributed by atoms with Crippen molar-refractivity contribution >= 4 is 17.9 Å². The van der Waals surface area contributed by atoms with Crippen LogP contribution in [0.25, 0.3) is 0 Å². The molecule has 1 saturated carbocycles. The second kappa shape index (κ2) is 11.4. The molecular weight excluding hydrogens is 422 g/mol. The van der Waals surface area contributed by atoms with Crippen LogP contribution in [0.15, 0.2) is 18.2 Å². The van der Waals surface area contributed by atoms with E-state index in [9.17, 15) is 19.5 Å². The first kappa shape index (κ1) is 26.5. The van der Waals surface area contributed by atoms with Crippen LogP contribution in [0.2, 0.25) is 0 Å². The summed E-state index contributed by atoms with van der Waals surface area (Å²) < 4.78 is 5.22. The molecule has 1 aliphatic carbocycles. The van der Waals surface area contributed by atoms with E-state index in [1.54, 1.807) is 39.8 Å². The maximum Gasteiger partial charge on any atom is 0.408 e. The van der Waals surface area contributed by atoms with Gasteiger partial charge in [0.25, 0.3) is 0 Å². The molecule has 33 heavy (non-hydrogen) atoms. The Morgan fingerprint density at radius 3 is 2.33 bits per heavy atom. The number of nitrogens with one attached hydrogen (secondary N) is 2. The normalized spacial score (nSPS) is 15.6. The van der Waals surface area contributed by atoms with Gasteiger partial charge in [-0.1, -0.05) is 25.3 Å².